The van der Waals surface area contributed by atoms with Crippen LogP contribution in [0.4, 0.5) is 0 Å². The normalized spacial score (nSPS) is 10.7. The molecule has 1 aromatic heterocycles. The fraction of sp³-hybridized carbons (Fsp3) is 0.263. The van der Waals surface area contributed by atoms with Gasteiger partial charge in [0, 0.05) is 13.0 Å². The summed E-state index contributed by atoms with van der Waals surface area (Å²) < 4.78 is 6.69. The Morgan fingerprint density at radius 3 is 2.92 bits per heavy atom. The second kappa shape index (κ2) is 7.93. The Bertz CT molecular complexity index is 796. The van der Waals surface area contributed by atoms with Crippen molar-refractivity contribution in [3.05, 3.63) is 59.1 Å². The van der Waals surface area contributed by atoms with Gasteiger partial charge in [-0.15, -0.1) is 11.3 Å². The Morgan fingerprint density at radius 1 is 1.21 bits per heavy atom. The summed E-state index contributed by atoms with van der Waals surface area (Å²) in [7, 11) is 0. The van der Waals surface area contributed by atoms with Gasteiger partial charge in [0.1, 0.15) is 5.75 Å². The average Bonchev–Trinajstić information content (AvgIpc) is 3.00. The molecule has 1 N–H and O–H groups in total. The summed E-state index contributed by atoms with van der Waals surface area (Å²) in [6.45, 7) is 2.67. The van der Waals surface area contributed by atoms with Gasteiger partial charge in [0.25, 0.3) is 5.91 Å². The molecule has 0 fully saturated rings. The number of amides is 1. The Hall–Kier alpha value is -2.40. The third-order valence-corrected chi connectivity index (χ3v) is 4.68. The molecule has 0 unspecified atom stereocenters. The van der Waals surface area contributed by atoms with Crippen molar-refractivity contribution in [3.8, 4) is 5.75 Å². The van der Waals surface area contributed by atoms with Crippen molar-refractivity contribution in [1.29, 1.82) is 0 Å². The Morgan fingerprint density at radius 2 is 2.08 bits per heavy atom. The van der Waals surface area contributed by atoms with E-state index in [0.29, 0.717) is 6.54 Å². The predicted octanol–water partition coefficient (Wildman–Crippen LogP) is 3.73. The van der Waals surface area contributed by atoms with Gasteiger partial charge in [0.15, 0.2) is 6.61 Å². The number of hydrogen-bond acceptors (Lipinski definition) is 4. The number of aryl methyl sites for hydroxylation is 2. The maximum absolute atomic E-state index is 11.8. The van der Waals surface area contributed by atoms with E-state index in [1.807, 2.05) is 49.4 Å². The van der Waals surface area contributed by atoms with E-state index in [1.54, 1.807) is 11.3 Å². The molecule has 0 saturated carbocycles. The molecule has 4 nitrogen and oxygen atoms in total. The van der Waals surface area contributed by atoms with Crippen molar-refractivity contribution in [1.82, 2.24) is 10.3 Å². The number of rotatable bonds is 7. The van der Waals surface area contributed by atoms with Gasteiger partial charge in [0.2, 0.25) is 0 Å². The number of aromatic nitrogens is 1. The second-order valence-corrected chi connectivity index (χ2v) is 6.75. The van der Waals surface area contributed by atoms with Crippen LogP contribution in [0.3, 0.4) is 0 Å². The molecular weight excluding hydrogens is 320 g/mol. The third kappa shape index (κ3) is 4.55. The van der Waals surface area contributed by atoms with Gasteiger partial charge in [-0.3, -0.25) is 4.79 Å². The molecule has 1 amide bonds. The molecule has 0 aliphatic carbocycles. The number of thiazole rings is 1. The van der Waals surface area contributed by atoms with Crippen LogP contribution in [0.15, 0.2) is 48.5 Å². The highest BCUT2D eigenvalue weighted by Gasteiger charge is 2.05. The monoisotopic (exact) mass is 340 g/mol. The number of hydrogen-bond donors (Lipinski definition) is 1. The minimum absolute atomic E-state index is 0.0462. The maximum atomic E-state index is 11.8. The van der Waals surface area contributed by atoms with E-state index in [-0.39, 0.29) is 12.5 Å². The molecule has 1 heterocycles. The van der Waals surface area contributed by atoms with Crippen molar-refractivity contribution in [2.75, 3.05) is 13.2 Å². The zero-order valence-corrected chi connectivity index (χ0v) is 14.4. The highest BCUT2D eigenvalue weighted by molar-refractivity contribution is 7.18. The van der Waals surface area contributed by atoms with Crippen LogP contribution in [0.1, 0.15) is 17.0 Å². The minimum atomic E-state index is -0.0965. The first-order valence-electron chi connectivity index (χ1n) is 8.01. The van der Waals surface area contributed by atoms with E-state index >= 15 is 0 Å². The molecule has 0 spiro atoms. The molecule has 3 aromatic rings. The number of nitrogens with zero attached hydrogens (tertiary/aromatic N) is 1. The topological polar surface area (TPSA) is 51.2 Å². The maximum Gasteiger partial charge on any atom is 0.257 e. The number of fused-ring (bicyclic) bond motifs is 1. The van der Waals surface area contributed by atoms with Crippen LogP contribution >= 0.6 is 11.3 Å². The zero-order chi connectivity index (χ0) is 16.8. The summed E-state index contributed by atoms with van der Waals surface area (Å²) in [6, 6.07) is 15.8. The van der Waals surface area contributed by atoms with Crippen LogP contribution in [-0.2, 0) is 11.2 Å². The number of ether oxygens (including phenoxy) is 1. The number of carbonyl (C=O) groups is 1. The molecule has 0 atom stereocenters. The van der Waals surface area contributed by atoms with Crippen LogP contribution in [0.2, 0.25) is 0 Å². The molecule has 2 aromatic carbocycles. The first-order valence-corrected chi connectivity index (χ1v) is 8.83. The number of para-hydroxylation sites is 1. The van der Waals surface area contributed by atoms with E-state index < -0.39 is 0 Å². The molecule has 3 rings (SSSR count). The largest absolute Gasteiger partial charge is 0.484 e. The summed E-state index contributed by atoms with van der Waals surface area (Å²) in [5.74, 6) is 0.625. The second-order valence-electron chi connectivity index (χ2n) is 5.63. The average molecular weight is 340 g/mol. The quantitative estimate of drug-likeness (QED) is 0.667. The Kier molecular flexibility index (Phi) is 5.43. The lowest BCUT2D eigenvalue weighted by Crippen LogP contribution is -2.29. The zero-order valence-electron chi connectivity index (χ0n) is 13.6. The SMILES string of the molecule is Cc1cccc(OCC(=O)NCCCc2nc3ccccc3s2)c1. The lowest BCUT2D eigenvalue weighted by atomic mass is 10.2. The third-order valence-electron chi connectivity index (χ3n) is 3.59. The summed E-state index contributed by atoms with van der Waals surface area (Å²) >= 11 is 1.72. The van der Waals surface area contributed by atoms with Crippen LogP contribution in [-0.4, -0.2) is 24.0 Å². The van der Waals surface area contributed by atoms with Crippen molar-refractivity contribution in [2.45, 2.75) is 19.8 Å². The Labute approximate surface area is 145 Å². The van der Waals surface area contributed by atoms with Crippen LogP contribution in [0, 0.1) is 6.92 Å². The van der Waals surface area contributed by atoms with Crippen LogP contribution in [0.5, 0.6) is 5.75 Å². The van der Waals surface area contributed by atoms with E-state index in [9.17, 15) is 4.79 Å². The number of benzene rings is 2. The highest BCUT2D eigenvalue weighted by Crippen LogP contribution is 2.22. The van der Waals surface area contributed by atoms with Gasteiger partial charge in [-0.05, 0) is 43.2 Å². The van der Waals surface area contributed by atoms with E-state index in [1.165, 1.54) is 4.70 Å². The van der Waals surface area contributed by atoms with Gasteiger partial charge in [0.05, 0.1) is 15.2 Å². The van der Waals surface area contributed by atoms with Crippen molar-refractivity contribution < 1.29 is 9.53 Å². The van der Waals surface area contributed by atoms with Crippen LogP contribution < -0.4 is 10.1 Å². The first kappa shape index (κ1) is 16.5. The fourth-order valence-corrected chi connectivity index (χ4v) is 3.41. The van der Waals surface area contributed by atoms with Crippen molar-refractivity contribution >= 4 is 27.5 Å². The van der Waals surface area contributed by atoms with E-state index in [0.717, 1.165) is 34.7 Å². The van der Waals surface area contributed by atoms with E-state index in [4.69, 9.17) is 4.74 Å². The molecule has 0 aliphatic rings. The molecular formula is C19H20N2O2S. The minimum Gasteiger partial charge on any atom is -0.484 e. The standard InChI is InChI=1S/C19H20N2O2S/c1-14-6-4-7-15(12-14)23-13-18(22)20-11-5-10-19-21-16-8-2-3-9-17(16)24-19/h2-4,6-9,12H,5,10-11,13H2,1H3,(H,20,22). The lowest BCUT2D eigenvalue weighted by molar-refractivity contribution is -0.123. The van der Waals surface area contributed by atoms with Gasteiger partial charge < -0.3 is 10.1 Å². The van der Waals surface area contributed by atoms with E-state index in [2.05, 4.69) is 16.4 Å². The van der Waals surface area contributed by atoms with Gasteiger partial charge in [-0.2, -0.15) is 0 Å². The summed E-state index contributed by atoms with van der Waals surface area (Å²) in [5, 5.41) is 4.00. The molecule has 0 radical (unpaired) electrons. The van der Waals surface area contributed by atoms with Gasteiger partial charge >= 0.3 is 0 Å². The van der Waals surface area contributed by atoms with Gasteiger partial charge in [-0.1, -0.05) is 24.3 Å². The number of nitrogens with one attached hydrogen (secondary N) is 1. The van der Waals surface area contributed by atoms with Crippen LogP contribution in [0.25, 0.3) is 10.2 Å². The van der Waals surface area contributed by atoms with Crippen molar-refractivity contribution in [3.63, 3.8) is 0 Å². The predicted molar refractivity (Wildman–Crippen MR) is 97.6 cm³/mol. The summed E-state index contributed by atoms with van der Waals surface area (Å²) in [6.07, 6.45) is 1.74. The molecule has 0 bridgehead atoms. The van der Waals surface area contributed by atoms with Crippen molar-refractivity contribution in [2.24, 2.45) is 0 Å². The molecule has 24 heavy (non-hydrogen) atoms. The summed E-state index contributed by atoms with van der Waals surface area (Å²) in [4.78, 5) is 16.4. The van der Waals surface area contributed by atoms with Gasteiger partial charge in [-0.25, -0.2) is 4.98 Å². The molecule has 124 valence electrons. The smallest absolute Gasteiger partial charge is 0.257 e. The first-order chi connectivity index (χ1) is 11.7. The lowest BCUT2D eigenvalue weighted by Gasteiger charge is -2.07. The number of carbonyl (C=O) groups excluding carboxylic acids is 1. The molecule has 0 saturated heterocycles. The molecule has 0 aliphatic heterocycles. The molecule has 5 heteroatoms. The Balaban J connectivity index is 1.37. The fourth-order valence-electron chi connectivity index (χ4n) is 2.40. The summed E-state index contributed by atoms with van der Waals surface area (Å²) in [5.41, 5.74) is 2.16. The highest BCUT2D eigenvalue weighted by atomic mass is 32.1.